The highest BCUT2D eigenvalue weighted by Crippen LogP contribution is 2.21. The van der Waals surface area contributed by atoms with Crippen molar-refractivity contribution in [3.63, 3.8) is 0 Å². The van der Waals surface area contributed by atoms with Crippen LogP contribution in [-0.4, -0.2) is 12.9 Å². The molecule has 0 fully saturated rings. The standard InChI is InChI=1S/C16H15N3O2/c1-21-13-9-6-12(7-10-13)8-11-16(20)14-4-2-3-5-15(14)18-19-17/h2-7,9-10H,8,11H2,1H3. The number of carbonyl (C=O) groups is 1. The Kier molecular flexibility index (Phi) is 4.96. The maximum atomic E-state index is 12.2. The first-order valence-corrected chi connectivity index (χ1v) is 6.55. The van der Waals surface area contributed by atoms with Crippen molar-refractivity contribution in [2.24, 2.45) is 5.11 Å². The monoisotopic (exact) mass is 281 g/mol. The van der Waals surface area contributed by atoms with Gasteiger partial charge in [-0.1, -0.05) is 41.5 Å². The zero-order valence-electron chi connectivity index (χ0n) is 11.7. The molecule has 2 aromatic rings. The number of nitrogens with zero attached hydrogens (tertiary/aromatic N) is 3. The molecule has 5 nitrogen and oxygen atoms in total. The number of methoxy groups -OCH3 is 1. The first-order chi connectivity index (χ1) is 10.2. The Morgan fingerprint density at radius 2 is 1.90 bits per heavy atom. The predicted octanol–water partition coefficient (Wildman–Crippen LogP) is 4.45. The lowest BCUT2D eigenvalue weighted by atomic mass is 10.0. The highest BCUT2D eigenvalue weighted by Gasteiger charge is 2.10. The van der Waals surface area contributed by atoms with Crippen molar-refractivity contribution in [1.82, 2.24) is 0 Å². The predicted molar refractivity (Wildman–Crippen MR) is 80.9 cm³/mol. The summed E-state index contributed by atoms with van der Waals surface area (Å²) < 4.78 is 5.09. The highest BCUT2D eigenvalue weighted by atomic mass is 16.5. The second-order valence-corrected chi connectivity index (χ2v) is 4.48. The Balaban J connectivity index is 2.06. The van der Waals surface area contributed by atoms with Crippen LogP contribution in [0.3, 0.4) is 0 Å². The van der Waals surface area contributed by atoms with Gasteiger partial charge in [-0.25, -0.2) is 0 Å². The molecule has 0 saturated carbocycles. The van der Waals surface area contributed by atoms with Gasteiger partial charge in [-0.2, -0.15) is 0 Å². The molecule has 0 N–H and O–H groups in total. The highest BCUT2D eigenvalue weighted by molar-refractivity contribution is 6.00. The van der Waals surface area contributed by atoms with Crippen LogP contribution in [-0.2, 0) is 6.42 Å². The summed E-state index contributed by atoms with van der Waals surface area (Å²) >= 11 is 0. The Labute approximate surface area is 122 Å². The van der Waals surface area contributed by atoms with Gasteiger partial charge in [0.05, 0.1) is 7.11 Å². The number of hydrogen-bond donors (Lipinski definition) is 0. The average molecular weight is 281 g/mol. The molecule has 0 spiro atoms. The fraction of sp³-hybridized carbons (Fsp3) is 0.188. The van der Waals surface area contributed by atoms with Crippen LogP contribution in [0, 0.1) is 0 Å². The Morgan fingerprint density at radius 1 is 1.19 bits per heavy atom. The summed E-state index contributed by atoms with van der Waals surface area (Å²) in [4.78, 5) is 15.0. The minimum absolute atomic E-state index is 0.0335. The average Bonchev–Trinajstić information content (AvgIpc) is 2.54. The molecule has 0 saturated heterocycles. The van der Waals surface area contributed by atoms with Gasteiger partial charge in [0.25, 0.3) is 0 Å². The van der Waals surface area contributed by atoms with E-state index in [2.05, 4.69) is 10.0 Å². The largest absolute Gasteiger partial charge is 0.497 e. The van der Waals surface area contributed by atoms with E-state index >= 15 is 0 Å². The molecule has 0 aliphatic heterocycles. The molecule has 0 bridgehead atoms. The molecule has 2 rings (SSSR count). The summed E-state index contributed by atoms with van der Waals surface area (Å²) in [7, 11) is 1.62. The van der Waals surface area contributed by atoms with Crippen molar-refractivity contribution in [3.8, 4) is 5.75 Å². The summed E-state index contributed by atoms with van der Waals surface area (Å²) in [5, 5.41) is 3.55. The summed E-state index contributed by atoms with van der Waals surface area (Å²) in [6.45, 7) is 0. The topological polar surface area (TPSA) is 75.1 Å². The number of benzene rings is 2. The van der Waals surface area contributed by atoms with E-state index in [0.717, 1.165) is 11.3 Å². The normalized spacial score (nSPS) is 9.76. The molecule has 0 aliphatic carbocycles. The number of Topliss-reactive ketones (excluding diaryl/α,β-unsaturated/α-hetero) is 1. The molecule has 0 unspecified atom stereocenters. The van der Waals surface area contributed by atoms with Gasteiger partial charge in [0, 0.05) is 22.6 Å². The second kappa shape index (κ2) is 7.12. The lowest BCUT2D eigenvalue weighted by Gasteiger charge is -2.05. The van der Waals surface area contributed by atoms with E-state index in [0.29, 0.717) is 24.1 Å². The maximum Gasteiger partial charge on any atom is 0.163 e. The van der Waals surface area contributed by atoms with Crippen molar-refractivity contribution in [1.29, 1.82) is 0 Å². The zero-order valence-corrected chi connectivity index (χ0v) is 11.7. The van der Waals surface area contributed by atoms with E-state index in [1.165, 1.54) is 0 Å². The van der Waals surface area contributed by atoms with Crippen LogP contribution >= 0.6 is 0 Å². The maximum absolute atomic E-state index is 12.2. The van der Waals surface area contributed by atoms with Gasteiger partial charge in [0.1, 0.15) is 5.75 Å². The van der Waals surface area contributed by atoms with E-state index in [9.17, 15) is 4.79 Å². The fourth-order valence-electron chi connectivity index (χ4n) is 2.03. The molecule has 0 aliphatic rings. The van der Waals surface area contributed by atoms with Gasteiger partial charge in [-0.05, 0) is 29.6 Å². The molecule has 0 aromatic heterocycles. The third-order valence-electron chi connectivity index (χ3n) is 3.16. The van der Waals surface area contributed by atoms with Crippen molar-refractivity contribution in [2.45, 2.75) is 12.8 Å². The molecule has 0 amide bonds. The van der Waals surface area contributed by atoms with Gasteiger partial charge in [-0.15, -0.1) is 0 Å². The Hall–Kier alpha value is -2.78. The van der Waals surface area contributed by atoms with Crippen molar-refractivity contribution >= 4 is 11.5 Å². The SMILES string of the molecule is COc1ccc(CCC(=O)c2ccccc2N=[N+]=[N-])cc1. The van der Waals surface area contributed by atoms with Gasteiger partial charge >= 0.3 is 0 Å². The second-order valence-electron chi connectivity index (χ2n) is 4.48. The minimum Gasteiger partial charge on any atom is -0.497 e. The van der Waals surface area contributed by atoms with Gasteiger partial charge < -0.3 is 4.74 Å². The molecule has 21 heavy (non-hydrogen) atoms. The molecule has 0 radical (unpaired) electrons. The van der Waals surface area contributed by atoms with Crippen LogP contribution in [0.25, 0.3) is 10.4 Å². The smallest absolute Gasteiger partial charge is 0.163 e. The molecule has 0 atom stereocenters. The number of azide groups is 1. The van der Waals surface area contributed by atoms with Crippen LogP contribution in [0.2, 0.25) is 0 Å². The molecular formula is C16H15N3O2. The molecule has 0 heterocycles. The molecule has 2 aromatic carbocycles. The van der Waals surface area contributed by atoms with Crippen LogP contribution in [0.4, 0.5) is 5.69 Å². The number of carbonyl (C=O) groups excluding carboxylic acids is 1. The van der Waals surface area contributed by atoms with Crippen LogP contribution in [0.1, 0.15) is 22.3 Å². The van der Waals surface area contributed by atoms with Crippen molar-refractivity contribution in [2.75, 3.05) is 7.11 Å². The van der Waals surface area contributed by atoms with E-state index in [1.807, 2.05) is 24.3 Å². The first-order valence-electron chi connectivity index (χ1n) is 6.55. The number of hydrogen-bond acceptors (Lipinski definition) is 3. The van der Waals surface area contributed by atoms with E-state index in [4.69, 9.17) is 10.3 Å². The molecule has 5 heteroatoms. The van der Waals surface area contributed by atoms with Gasteiger partial charge in [-0.3, -0.25) is 4.79 Å². The number of ether oxygens (including phenoxy) is 1. The van der Waals surface area contributed by atoms with Crippen LogP contribution in [0.5, 0.6) is 5.75 Å². The summed E-state index contributed by atoms with van der Waals surface area (Å²) in [6, 6.07) is 14.4. The third kappa shape index (κ3) is 3.84. The van der Waals surface area contributed by atoms with Crippen LogP contribution < -0.4 is 4.74 Å². The summed E-state index contributed by atoms with van der Waals surface area (Å²) in [5.41, 5.74) is 10.4. The van der Waals surface area contributed by atoms with Crippen molar-refractivity contribution in [3.05, 3.63) is 70.1 Å². The van der Waals surface area contributed by atoms with Crippen molar-refractivity contribution < 1.29 is 9.53 Å². The lowest BCUT2D eigenvalue weighted by molar-refractivity contribution is 0.0983. The van der Waals surface area contributed by atoms with E-state index in [-0.39, 0.29) is 5.78 Å². The number of aryl methyl sites for hydroxylation is 1. The summed E-state index contributed by atoms with van der Waals surface area (Å²) in [5.74, 6) is 0.757. The molecule has 106 valence electrons. The number of ketones is 1. The quantitative estimate of drug-likeness (QED) is 0.339. The zero-order chi connectivity index (χ0) is 15.1. The van der Waals surface area contributed by atoms with E-state index in [1.54, 1.807) is 31.4 Å². The van der Waals surface area contributed by atoms with Gasteiger partial charge in [0.2, 0.25) is 0 Å². The minimum atomic E-state index is -0.0335. The molecular weight excluding hydrogens is 266 g/mol. The summed E-state index contributed by atoms with van der Waals surface area (Å²) in [6.07, 6.45) is 0.998. The lowest BCUT2D eigenvalue weighted by Crippen LogP contribution is -2.01. The number of rotatable bonds is 6. The van der Waals surface area contributed by atoms with E-state index < -0.39 is 0 Å². The third-order valence-corrected chi connectivity index (χ3v) is 3.16. The van der Waals surface area contributed by atoms with Crippen LogP contribution in [0.15, 0.2) is 53.6 Å². The fourth-order valence-corrected chi connectivity index (χ4v) is 2.03. The Bertz CT molecular complexity index is 674. The van der Waals surface area contributed by atoms with Gasteiger partial charge in [0.15, 0.2) is 5.78 Å². The first kappa shape index (κ1) is 14.6. The Morgan fingerprint density at radius 3 is 2.57 bits per heavy atom.